The second-order valence-electron chi connectivity index (χ2n) is 9.17. The number of hydrogen-bond acceptors (Lipinski definition) is 6. The highest BCUT2D eigenvalue weighted by atomic mass is 79.9. The van der Waals surface area contributed by atoms with Crippen LogP contribution in [0.4, 0.5) is 0 Å². The average Bonchev–Trinajstić information content (AvgIpc) is 3.39. The standard InChI is InChI=1S/C31H19Br4N3O4/c1-40-27-11-17(10-24(35)29(27)41-16-18-6-7-21(33)14-23(18)34)15-36-38-30(37-25-5-3-2-4-22(25)31(38)39)28-13-19-12-20(32)8-9-26(19)42-28/h2-15H,16H2,1H3. The largest absolute Gasteiger partial charge is 0.493 e. The van der Waals surface area contributed by atoms with Gasteiger partial charge in [0.05, 0.1) is 28.7 Å². The van der Waals surface area contributed by atoms with Crippen LogP contribution >= 0.6 is 63.7 Å². The number of methoxy groups -OCH3 is 1. The van der Waals surface area contributed by atoms with Crippen molar-refractivity contribution >= 4 is 91.8 Å². The molecule has 0 N–H and O–H groups in total. The van der Waals surface area contributed by atoms with E-state index in [2.05, 4.69) is 68.8 Å². The fourth-order valence-electron chi connectivity index (χ4n) is 4.38. The summed E-state index contributed by atoms with van der Waals surface area (Å²) in [5.74, 6) is 1.76. The summed E-state index contributed by atoms with van der Waals surface area (Å²) in [6.45, 7) is 0.325. The van der Waals surface area contributed by atoms with Gasteiger partial charge in [0, 0.05) is 24.4 Å². The summed E-state index contributed by atoms with van der Waals surface area (Å²) in [4.78, 5) is 18.4. The van der Waals surface area contributed by atoms with E-state index in [-0.39, 0.29) is 11.4 Å². The van der Waals surface area contributed by atoms with E-state index in [4.69, 9.17) is 18.9 Å². The Balaban J connectivity index is 1.39. The Hall–Kier alpha value is -3.25. The fourth-order valence-corrected chi connectivity index (χ4v) is 6.50. The van der Waals surface area contributed by atoms with E-state index in [1.165, 1.54) is 4.68 Å². The minimum atomic E-state index is -0.320. The molecule has 2 aromatic heterocycles. The van der Waals surface area contributed by atoms with Gasteiger partial charge in [-0.2, -0.15) is 9.78 Å². The summed E-state index contributed by atoms with van der Waals surface area (Å²) in [5.41, 5.74) is 2.56. The van der Waals surface area contributed by atoms with Crippen LogP contribution in [0.25, 0.3) is 33.5 Å². The molecule has 0 aliphatic rings. The number of benzene rings is 4. The third kappa shape index (κ3) is 5.83. The van der Waals surface area contributed by atoms with Crippen LogP contribution in [0.5, 0.6) is 11.5 Å². The molecule has 7 nitrogen and oxygen atoms in total. The first-order valence-electron chi connectivity index (χ1n) is 12.5. The van der Waals surface area contributed by atoms with Crippen LogP contribution in [0.15, 0.2) is 111 Å². The van der Waals surface area contributed by atoms with Gasteiger partial charge in [-0.25, -0.2) is 4.98 Å². The van der Waals surface area contributed by atoms with Crippen molar-refractivity contribution in [3.63, 3.8) is 0 Å². The van der Waals surface area contributed by atoms with Crippen molar-refractivity contribution in [2.75, 3.05) is 7.11 Å². The number of hydrogen-bond donors (Lipinski definition) is 0. The average molecular weight is 817 g/mol. The number of para-hydroxylation sites is 1. The number of halogens is 4. The molecule has 0 atom stereocenters. The monoisotopic (exact) mass is 813 g/mol. The maximum absolute atomic E-state index is 13.6. The number of aromatic nitrogens is 2. The molecule has 4 aromatic carbocycles. The first-order chi connectivity index (χ1) is 20.3. The molecule has 6 aromatic rings. The van der Waals surface area contributed by atoms with Gasteiger partial charge in [0.25, 0.3) is 5.56 Å². The van der Waals surface area contributed by atoms with Crippen LogP contribution in [0, 0.1) is 0 Å². The van der Waals surface area contributed by atoms with Gasteiger partial charge in [-0.05, 0) is 82.2 Å². The van der Waals surface area contributed by atoms with E-state index in [0.717, 1.165) is 24.4 Å². The van der Waals surface area contributed by atoms with Crippen molar-refractivity contribution in [3.8, 4) is 23.1 Å². The van der Waals surface area contributed by atoms with Crippen LogP contribution in [0.1, 0.15) is 11.1 Å². The number of ether oxygens (including phenoxy) is 2. The molecular weight excluding hydrogens is 798 g/mol. The quantitative estimate of drug-likeness (QED) is 0.150. The number of rotatable bonds is 7. The summed E-state index contributed by atoms with van der Waals surface area (Å²) in [7, 11) is 1.57. The highest BCUT2D eigenvalue weighted by Gasteiger charge is 2.17. The summed E-state index contributed by atoms with van der Waals surface area (Å²) in [6.07, 6.45) is 1.57. The molecule has 11 heteroatoms. The molecular formula is C31H19Br4N3O4. The maximum Gasteiger partial charge on any atom is 0.282 e. The molecule has 6 rings (SSSR count). The van der Waals surface area contributed by atoms with Crippen LogP contribution in [-0.4, -0.2) is 23.0 Å². The van der Waals surface area contributed by atoms with Crippen molar-refractivity contribution in [2.45, 2.75) is 6.61 Å². The molecule has 0 aliphatic heterocycles. The second-order valence-corrected chi connectivity index (χ2v) is 12.7. The Morgan fingerprint density at radius 3 is 2.52 bits per heavy atom. The number of furan rings is 1. The highest BCUT2D eigenvalue weighted by molar-refractivity contribution is 9.11. The van der Waals surface area contributed by atoms with Gasteiger partial charge >= 0.3 is 0 Å². The molecule has 2 heterocycles. The van der Waals surface area contributed by atoms with Gasteiger partial charge in [-0.1, -0.05) is 66.0 Å². The lowest BCUT2D eigenvalue weighted by molar-refractivity contribution is 0.282. The zero-order valence-electron chi connectivity index (χ0n) is 21.8. The van der Waals surface area contributed by atoms with E-state index >= 15 is 0 Å². The molecule has 0 aliphatic carbocycles. The van der Waals surface area contributed by atoms with Gasteiger partial charge in [0.2, 0.25) is 5.82 Å². The van der Waals surface area contributed by atoms with Crippen LogP contribution in [0.2, 0.25) is 0 Å². The second kappa shape index (κ2) is 12.2. The summed E-state index contributed by atoms with van der Waals surface area (Å²) in [5, 5.41) is 5.88. The van der Waals surface area contributed by atoms with Crippen LogP contribution in [0.3, 0.4) is 0 Å². The third-order valence-electron chi connectivity index (χ3n) is 6.41. The molecule has 42 heavy (non-hydrogen) atoms. The Morgan fingerprint density at radius 2 is 1.71 bits per heavy atom. The number of fused-ring (bicyclic) bond motifs is 2. The molecule has 0 radical (unpaired) electrons. The minimum absolute atomic E-state index is 0.285. The van der Waals surface area contributed by atoms with Gasteiger partial charge < -0.3 is 13.9 Å². The van der Waals surface area contributed by atoms with E-state index in [9.17, 15) is 4.79 Å². The van der Waals surface area contributed by atoms with Gasteiger partial charge in [-0.15, -0.1) is 0 Å². The summed E-state index contributed by atoms with van der Waals surface area (Å²) < 4.78 is 22.6. The first kappa shape index (κ1) is 28.9. The molecule has 210 valence electrons. The van der Waals surface area contributed by atoms with E-state index in [0.29, 0.717) is 50.4 Å². The molecule has 0 fully saturated rings. The third-order valence-corrected chi connectivity index (χ3v) is 8.73. The Bertz CT molecular complexity index is 2070. The SMILES string of the molecule is COc1cc(C=Nn2c(-c3cc4cc(Br)ccc4o3)nc3ccccc3c2=O)cc(Br)c1OCc1ccc(Br)cc1Br. The number of nitrogens with zero attached hydrogens (tertiary/aromatic N) is 3. The normalized spacial score (nSPS) is 11.5. The molecule has 0 saturated carbocycles. The van der Waals surface area contributed by atoms with Gasteiger partial charge in [0.1, 0.15) is 12.2 Å². The Labute approximate surface area is 273 Å². The van der Waals surface area contributed by atoms with Crippen molar-refractivity contribution in [3.05, 3.63) is 118 Å². The van der Waals surface area contributed by atoms with Crippen LogP contribution < -0.4 is 15.0 Å². The molecule has 0 bridgehead atoms. The van der Waals surface area contributed by atoms with Crippen LogP contribution in [-0.2, 0) is 6.61 Å². The Morgan fingerprint density at radius 1 is 0.929 bits per heavy atom. The van der Waals surface area contributed by atoms with Gasteiger partial charge in [-0.3, -0.25) is 4.79 Å². The molecule has 0 spiro atoms. The van der Waals surface area contributed by atoms with Gasteiger partial charge in [0.15, 0.2) is 17.3 Å². The fraction of sp³-hybridized carbons (Fsp3) is 0.0645. The molecule has 0 amide bonds. The lowest BCUT2D eigenvalue weighted by Crippen LogP contribution is -2.20. The topological polar surface area (TPSA) is 78.9 Å². The van der Waals surface area contributed by atoms with Crippen molar-refractivity contribution in [1.29, 1.82) is 0 Å². The van der Waals surface area contributed by atoms with Crippen molar-refractivity contribution < 1.29 is 13.9 Å². The first-order valence-corrected chi connectivity index (χ1v) is 15.7. The van der Waals surface area contributed by atoms with Crippen molar-refractivity contribution in [2.24, 2.45) is 5.10 Å². The lowest BCUT2D eigenvalue weighted by atomic mass is 10.2. The smallest absolute Gasteiger partial charge is 0.282 e. The molecule has 0 unspecified atom stereocenters. The van der Waals surface area contributed by atoms with Crippen molar-refractivity contribution in [1.82, 2.24) is 9.66 Å². The minimum Gasteiger partial charge on any atom is -0.493 e. The van der Waals surface area contributed by atoms with E-state index in [1.807, 2.05) is 54.6 Å². The zero-order chi connectivity index (χ0) is 29.4. The summed E-state index contributed by atoms with van der Waals surface area (Å²) >= 11 is 14.1. The molecule has 0 saturated heterocycles. The predicted molar refractivity (Wildman–Crippen MR) is 179 cm³/mol. The van der Waals surface area contributed by atoms with E-state index in [1.54, 1.807) is 37.6 Å². The van der Waals surface area contributed by atoms with E-state index < -0.39 is 0 Å². The summed E-state index contributed by atoms with van der Waals surface area (Å²) in [6, 6.07) is 24.2. The zero-order valence-corrected chi connectivity index (χ0v) is 28.1. The Kier molecular flexibility index (Phi) is 8.35. The lowest BCUT2D eigenvalue weighted by Gasteiger charge is -2.14. The maximum atomic E-state index is 13.6. The highest BCUT2D eigenvalue weighted by Crippen LogP contribution is 2.37. The predicted octanol–water partition coefficient (Wildman–Crippen LogP) is 9.33.